The maximum atomic E-state index is 14.1. The van der Waals surface area contributed by atoms with Gasteiger partial charge in [-0.15, -0.1) is 0 Å². The molecule has 4 amide bonds. The number of ether oxygens (including phenoxy) is 2. The number of hydrogen-bond acceptors (Lipinski definition) is 14. The number of nitrogens with one attached hydrogen (secondary N) is 4. The minimum absolute atomic E-state index is 0.00100. The Hall–Kier alpha value is -6.70. The second-order valence-corrected chi connectivity index (χ2v) is 27.2. The monoisotopic (exact) mass is 1210 g/mol. The van der Waals surface area contributed by atoms with Gasteiger partial charge < -0.3 is 39.9 Å². The first kappa shape index (κ1) is 60.9. The van der Waals surface area contributed by atoms with Crippen LogP contribution in [0, 0.1) is 0 Å². The smallest absolute Gasteiger partial charge is 0.407 e. The number of methoxy groups -OCH3 is 2. The molecule has 0 radical (unpaired) electrons. The van der Waals surface area contributed by atoms with Crippen LogP contribution in [0.4, 0.5) is 9.59 Å². The summed E-state index contributed by atoms with van der Waals surface area (Å²) in [6.45, 7) is 2.71. The molecule has 5 unspecified atom stereocenters. The summed E-state index contributed by atoms with van der Waals surface area (Å²) in [6.07, 6.45) is 11.2. The Kier molecular flexibility index (Phi) is 19.4. The van der Waals surface area contributed by atoms with E-state index in [1.807, 2.05) is 36.8 Å². The number of carbonyl (C=O) groups is 4. The summed E-state index contributed by atoms with van der Waals surface area (Å²) in [5, 5.41) is 5.35. The minimum Gasteiger partial charge on any atom is -0.453 e. The number of H-pyrrole nitrogens is 2. The van der Waals surface area contributed by atoms with Crippen LogP contribution in [0.3, 0.4) is 0 Å². The van der Waals surface area contributed by atoms with E-state index in [4.69, 9.17) is 19.4 Å². The highest BCUT2D eigenvalue weighted by Crippen LogP contribution is 2.37. The van der Waals surface area contributed by atoms with E-state index in [0.717, 1.165) is 65.2 Å². The zero-order valence-electron chi connectivity index (χ0n) is 47.7. The lowest BCUT2D eigenvalue weighted by atomic mass is 9.84. The number of aromatic nitrogens is 4. The van der Waals surface area contributed by atoms with E-state index in [-0.39, 0.29) is 57.0 Å². The van der Waals surface area contributed by atoms with Gasteiger partial charge in [-0.05, 0) is 118 Å². The lowest BCUT2D eigenvalue weighted by molar-refractivity contribution is -0.138. The molecular formula is C59H72N10O10S4. The average molecular weight is 1210 g/mol. The van der Waals surface area contributed by atoms with Crippen molar-refractivity contribution in [3.8, 4) is 44.8 Å². The maximum Gasteiger partial charge on any atom is 0.407 e. The number of imidazole rings is 2. The molecule has 4 bridgehead atoms. The molecule has 2 fully saturated rings. The molecular weight excluding hydrogens is 1140 g/mol. The molecule has 5 atom stereocenters. The third-order valence-electron chi connectivity index (χ3n) is 15.9. The predicted molar refractivity (Wildman–Crippen MR) is 325 cm³/mol. The lowest BCUT2D eigenvalue weighted by Gasteiger charge is -2.40. The van der Waals surface area contributed by atoms with Crippen LogP contribution in [0.15, 0.2) is 97.3 Å². The van der Waals surface area contributed by atoms with Crippen molar-refractivity contribution < 1.29 is 45.5 Å². The summed E-state index contributed by atoms with van der Waals surface area (Å²) in [5.74, 6) is 1.58. The standard InChI is InChI=1S/C59H72N10O10S4/c1-37-30-45-11-9-38(31-46(45)40-12-17-42(18-13-40)50-33-60-54(62-50)52-35-66(82(6,74)75)24-26-68(52)56(70)48(22-28-80-4)64-58(72)78-2)8-10-39-16-21-44(37)32-47(39)41-14-19-43(20-15-41)51-34-61-55(63-51)53-36-67(83(7,76)77)25-27-69(53)57(71)49(23-29-81-5)65-59(73)79-3/h9,11-21,31-34,37,48-49,52-53H,8,10,22-30,35-36H2,1-7H3,(H,60,62)(H,61,63)(H,64,72)(H,65,73). The van der Waals surface area contributed by atoms with Crippen molar-refractivity contribution in [3.05, 3.63) is 131 Å². The van der Waals surface area contributed by atoms with Crippen molar-refractivity contribution in [3.63, 3.8) is 0 Å². The van der Waals surface area contributed by atoms with Gasteiger partial charge in [-0.1, -0.05) is 91.9 Å². The molecule has 4 aliphatic carbocycles. The van der Waals surface area contributed by atoms with Gasteiger partial charge in [0.2, 0.25) is 31.9 Å². The molecule has 83 heavy (non-hydrogen) atoms. The third-order valence-corrected chi connectivity index (χ3v) is 19.7. The number of nitrogens with zero attached hydrogens (tertiary/aromatic N) is 6. The first-order chi connectivity index (χ1) is 39.8. The van der Waals surface area contributed by atoms with Crippen molar-refractivity contribution >= 4 is 67.6 Å². The maximum absolute atomic E-state index is 14.1. The zero-order valence-corrected chi connectivity index (χ0v) is 51.0. The fourth-order valence-electron chi connectivity index (χ4n) is 11.2. The number of alkyl carbamates (subject to hydrolysis) is 2. The van der Waals surface area contributed by atoms with Gasteiger partial charge in [0.25, 0.3) is 0 Å². The van der Waals surface area contributed by atoms with Crippen LogP contribution in [0.2, 0.25) is 0 Å². The van der Waals surface area contributed by atoms with E-state index in [1.165, 1.54) is 45.1 Å². The van der Waals surface area contributed by atoms with Crippen molar-refractivity contribution in [1.82, 2.24) is 49.0 Å². The molecule has 6 aliphatic rings. The van der Waals surface area contributed by atoms with Crippen LogP contribution in [0.5, 0.6) is 0 Å². The molecule has 6 aromatic rings. The first-order valence-electron chi connectivity index (χ1n) is 27.5. The molecule has 2 saturated heterocycles. The van der Waals surface area contributed by atoms with E-state index in [1.54, 1.807) is 45.7 Å². The highest BCUT2D eigenvalue weighted by molar-refractivity contribution is 7.98. The highest BCUT2D eigenvalue weighted by Gasteiger charge is 2.41. The van der Waals surface area contributed by atoms with Gasteiger partial charge in [-0.25, -0.2) is 36.4 Å². The number of amides is 4. The largest absolute Gasteiger partial charge is 0.453 e. The number of aryl methyl sites for hydroxylation is 2. The SMILES string of the molecule is COC(=O)NC(CCSC)C(=O)N1CCN(S(C)(=O)=O)CC1c1ncc(-c2ccc(-c3cc4ccc3CCc3ccc(c(-c5ccc(-c6cnc(C7CN(S(C)(=O)=O)CCN7C(=O)C(CCSC)NC(=O)OC)[nH]6)cc5)c3)CC4C)cc2)[nH]1. The lowest BCUT2D eigenvalue weighted by Crippen LogP contribution is -2.57. The summed E-state index contributed by atoms with van der Waals surface area (Å²) in [7, 11) is -4.69. The second-order valence-electron chi connectivity index (χ2n) is 21.3. The predicted octanol–water partition coefficient (Wildman–Crippen LogP) is 7.49. The first-order valence-corrected chi connectivity index (χ1v) is 34.0. The Morgan fingerprint density at radius 2 is 1.06 bits per heavy atom. The molecule has 442 valence electrons. The van der Waals surface area contributed by atoms with E-state index in [2.05, 4.69) is 88.2 Å². The van der Waals surface area contributed by atoms with Crippen molar-refractivity contribution in [1.29, 1.82) is 0 Å². The molecule has 0 saturated carbocycles. The van der Waals surface area contributed by atoms with Gasteiger partial charge in [0.05, 0.1) is 50.5 Å². The van der Waals surface area contributed by atoms with Crippen molar-refractivity contribution in [2.24, 2.45) is 0 Å². The summed E-state index contributed by atoms with van der Waals surface area (Å²) >= 11 is 3.10. The van der Waals surface area contributed by atoms with Gasteiger partial charge >= 0.3 is 12.2 Å². The van der Waals surface area contributed by atoms with Crippen molar-refractivity contribution in [2.45, 2.75) is 69.1 Å². The fraction of sp³-hybridized carbons (Fsp3) is 0.424. The number of piperazine rings is 2. The Balaban J connectivity index is 0.919. The molecule has 4 aromatic carbocycles. The van der Waals surface area contributed by atoms with Gasteiger partial charge in [0, 0.05) is 39.3 Å². The number of carbonyl (C=O) groups excluding carboxylic acids is 4. The van der Waals surface area contributed by atoms with Crippen LogP contribution in [0.25, 0.3) is 44.8 Å². The van der Waals surface area contributed by atoms with Crippen LogP contribution < -0.4 is 10.6 Å². The molecule has 4 heterocycles. The van der Waals surface area contributed by atoms with Crippen LogP contribution in [-0.4, -0.2) is 181 Å². The van der Waals surface area contributed by atoms with Gasteiger partial charge in [-0.3, -0.25) is 9.59 Å². The topological polar surface area (TPSA) is 249 Å². The normalized spacial score (nSPS) is 18.7. The van der Waals surface area contributed by atoms with Gasteiger partial charge in [-0.2, -0.15) is 32.1 Å². The highest BCUT2D eigenvalue weighted by atomic mass is 32.2. The summed E-state index contributed by atoms with van der Waals surface area (Å²) in [4.78, 5) is 72.3. The van der Waals surface area contributed by atoms with Gasteiger partial charge in [0.15, 0.2) is 0 Å². The number of hydrogen-bond donors (Lipinski definition) is 4. The minimum atomic E-state index is -3.59. The molecule has 12 rings (SSSR count). The number of benzene rings is 4. The Morgan fingerprint density at radius 3 is 1.51 bits per heavy atom. The number of thioether (sulfide) groups is 2. The Bertz CT molecular complexity index is 3540. The van der Waals surface area contributed by atoms with E-state index < -0.39 is 56.4 Å². The van der Waals surface area contributed by atoms with Crippen LogP contribution >= 0.6 is 23.5 Å². The summed E-state index contributed by atoms with van der Waals surface area (Å²) in [5.41, 5.74) is 12.5. The summed E-state index contributed by atoms with van der Waals surface area (Å²) < 4.78 is 63.6. The third kappa shape index (κ3) is 14.3. The number of rotatable bonds is 18. The quantitative estimate of drug-likeness (QED) is 0.0651. The molecule has 2 aromatic heterocycles. The van der Waals surface area contributed by atoms with Gasteiger partial charge in [0.1, 0.15) is 35.8 Å². The number of aromatic amines is 2. The molecule has 0 spiro atoms. The van der Waals surface area contributed by atoms with E-state index in [9.17, 15) is 36.0 Å². The molecule has 20 nitrogen and oxygen atoms in total. The average Bonchev–Trinajstić information content (AvgIpc) is 4.10. The fourth-order valence-corrected chi connectivity index (χ4v) is 13.8. The zero-order chi connectivity index (χ0) is 59.2. The van der Waals surface area contributed by atoms with Crippen LogP contribution in [-0.2, 0) is 58.4 Å². The molecule has 4 N–H and O–H groups in total. The molecule has 2 aliphatic heterocycles. The Labute approximate surface area is 494 Å². The Morgan fingerprint density at radius 1 is 0.614 bits per heavy atom. The van der Waals surface area contributed by atoms with E-state index >= 15 is 0 Å². The number of sulfonamides is 2. The van der Waals surface area contributed by atoms with Crippen molar-refractivity contribution in [2.75, 3.05) is 90.0 Å². The summed E-state index contributed by atoms with van der Waals surface area (Å²) in [6, 6.07) is 27.0. The van der Waals surface area contributed by atoms with E-state index in [0.29, 0.717) is 47.4 Å². The van der Waals surface area contributed by atoms with Crippen LogP contribution in [0.1, 0.15) is 71.7 Å². The molecule has 24 heteroatoms. The second kappa shape index (κ2) is 26.5.